The number of aryl methyl sites for hydroxylation is 1. The van der Waals surface area contributed by atoms with Gasteiger partial charge in [0, 0.05) is 5.69 Å². The van der Waals surface area contributed by atoms with E-state index in [0.717, 1.165) is 17.7 Å². The van der Waals surface area contributed by atoms with Crippen LogP contribution < -0.4 is 4.90 Å². The van der Waals surface area contributed by atoms with Crippen LogP contribution in [-0.4, -0.2) is 17.6 Å². The maximum atomic E-state index is 11.3. The Bertz CT molecular complexity index is 578. The lowest BCUT2D eigenvalue weighted by Crippen LogP contribution is -2.33. The van der Waals surface area contributed by atoms with Crippen LogP contribution in [0.15, 0.2) is 54.6 Å². The van der Waals surface area contributed by atoms with Crippen molar-refractivity contribution in [3.05, 3.63) is 65.7 Å². The molecule has 1 atom stereocenters. The van der Waals surface area contributed by atoms with Gasteiger partial charge in [-0.05, 0) is 31.0 Å². The second-order valence-corrected chi connectivity index (χ2v) is 5.19. The summed E-state index contributed by atoms with van der Waals surface area (Å²) in [7, 11) is 0. The molecule has 21 heavy (non-hydrogen) atoms. The van der Waals surface area contributed by atoms with Gasteiger partial charge in [0.2, 0.25) is 0 Å². The third-order valence-corrected chi connectivity index (χ3v) is 3.62. The monoisotopic (exact) mass is 283 g/mol. The number of carboxylic acid groups (broad SMARTS) is 1. The second kappa shape index (κ2) is 6.93. The van der Waals surface area contributed by atoms with E-state index >= 15 is 0 Å². The molecule has 0 spiro atoms. The summed E-state index contributed by atoms with van der Waals surface area (Å²) < 4.78 is 0. The Morgan fingerprint density at radius 2 is 1.71 bits per heavy atom. The maximum absolute atomic E-state index is 11.3. The molecule has 0 aliphatic rings. The van der Waals surface area contributed by atoms with Crippen LogP contribution in [0.3, 0.4) is 0 Å². The lowest BCUT2D eigenvalue weighted by Gasteiger charge is -2.32. The van der Waals surface area contributed by atoms with Gasteiger partial charge in [0.1, 0.15) is 6.54 Å². The van der Waals surface area contributed by atoms with E-state index in [4.69, 9.17) is 0 Å². The van der Waals surface area contributed by atoms with Crippen molar-refractivity contribution in [2.75, 3.05) is 11.4 Å². The van der Waals surface area contributed by atoms with Crippen LogP contribution in [0.5, 0.6) is 0 Å². The first-order valence-electron chi connectivity index (χ1n) is 7.22. The molecule has 3 heteroatoms. The molecule has 0 aliphatic heterocycles. The Hall–Kier alpha value is -2.29. The van der Waals surface area contributed by atoms with E-state index in [9.17, 15) is 9.90 Å². The summed E-state index contributed by atoms with van der Waals surface area (Å²) >= 11 is 0. The number of carbonyl (C=O) groups is 1. The summed E-state index contributed by atoms with van der Waals surface area (Å²) in [6, 6.07) is 18.1. The molecule has 0 saturated heterocycles. The summed E-state index contributed by atoms with van der Waals surface area (Å²) in [4.78, 5) is 13.2. The summed E-state index contributed by atoms with van der Waals surface area (Å²) in [6.07, 6.45) is 0.852. The fourth-order valence-corrected chi connectivity index (χ4v) is 2.57. The Labute approximate surface area is 125 Å². The van der Waals surface area contributed by atoms with Crippen molar-refractivity contribution in [2.24, 2.45) is 0 Å². The maximum Gasteiger partial charge on any atom is 0.323 e. The highest BCUT2D eigenvalue weighted by Gasteiger charge is 2.21. The minimum absolute atomic E-state index is 0.00351. The zero-order valence-electron chi connectivity index (χ0n) is 12.5. The lowest BCUT2D eigenvalue weighted by atomic mass is 10.0. The average molecular weight is 283 g/mol. The molecule has 1 N–H and O–H groups in total. The molecule has 2 rings (SSSR count). The molecule has 0 aliphatic carbocycles. The van der Waals surface area contributed by atoms with Crippen molar-refractivity contribution in [2.45, 2.75) is 26.3 Å². The smallest absolute Gasteiger partial charge is 0.323 e. The van der Waals surface area contributed by atoms with E-state index in [1.165, 1.54) is 5.56 Å². The van der Waals surface area contributed by atoms with Gasteiger partial charge in [-0.15, -0.1) is 0 Å². The van der Waals surface area contributed by atoms with Crippen LogP contribution in [-0.2, 0) is 4.79 Å². The zero-order chi connectivity index (χ0) is 15.2. The first-order valence-corrected chi connectivity index (χ1v) is 7.22. The molecule has 110 valence electrons. The molecule has 0 amide bonds. The van der Waals surface area contributed by atoms with Crippen molar-refractivity contribution in [1.29, 1.82) is 0 Å². The molecule has 2 aromatic carbocycles. The third-order valence-electron chi connectivity index (χ3n) is 3.62. The van der Waals surface area contributed by atoms with Crippen molar-refractivity contribution in [1.82, 2.24) is 0 Å². The number of anilines is 1. The number of hydrogen-bond donors (Lipinski definition) is 1. The first-order chi connectivity index (χ1) is 10.1. The fraction of sp³-hybridized carbons (Fsp3) is 0.278. The Balaban J connectivity index is 2.38. The standard InChI is InChI=1S/C18H21NO2/c1-3-17(15-7-5-4-6-8-15)19(13-18(20)21)16-11-9-14(2)10-12-16/h4-12,17H,3,13H2,1-2H3,(H,20,21). The predicted molar refractivity (Wildman–Crippen MR) is 85.6 cm³/mol. The molecule has 0 fully saturated rings. The Morgan fingerprint density at radius 3 is 2.24 bits per heavy atom. The highest BCUT2D eigenvalue weighted by molar-refractivity contribution is 5.74. The number of nitrogens with zero attached hydrogens (tertiary/aromatic N) is 1. The van der Waals surface area contributed by atoms with Crippen LogP contribution >= 0.6 is 0 Å². The van der Waals surface area contributed by atoms with Gasteiger partial charge >= 0.3 is 5.97 Å². The van der Waals surface area contributed by atoms with Crippen molar-refractivity contribution < 1.29 is 9.90 Å². The summed E-state index contributed by atoms with van der Waals surface area (Å²) in [5, 5.41) is 9.25. The molecule has 2 aromatic rings. The molecule has 0 saturated carbocycles. The van der Waals surface area contributed by atoms with Gasteiger partial charge in [-0.3, -0.25) is 4.79 Å². The normalized spacial score (nSPS) is 11.9. The number of aliphatic carboxylic acids is 1. The zero-order valence-corrected chi connectivity index (χ0v) is 12.5. The number of carboxylic acids is 1. The summed E-state index contributed by atoms with van der Waals surface area (Å²) in [6.45, 7) is 4.11. The quantitative estimate of drug-likeness (QED) is 0.870. The third kappa shape index (κ3) is 3.85. The topological polar surface area (TPSA) is 40.5 Å². The highest BCUT2D eigenvalue weighted by Crippen LogP contribution is 2.29. The van der Waals surface area contributed by atoms with E-state index < -0.39 is 5.97 Å². The van der Waals surface area contributed by atoms with Crippen LogP contribution in [0.1, 0.15) is 30.5 Å². The number of rotatable bonds is 6. The van der Waals surface area contributed by atoms with E-state index in [0.29, 0.717) is 0 Å². The van der Waals surface area contributed by atoms with E-state index in [1.807, 2.05) is 54.3 Å². The van der Waals surface area contributed by atoms with Crippen molar-refractivity contribution in [3.8, 4) is 0 Å². The van der Waals surface area contributed by atoms with Gasteiger partial charge < -0.3 is 10.0 Å². The lowest BCUT2D eigenvalue weighted by molar-refractivity contribution is -0.135. The molecule has 3 nitrogen and oxygen atoms in total. The van der Waals surface area contributed by atoms with Gasteiger partial charge in [0.15, 0.2) is 0 Å². The molecular formula is C18H21NO2. The van der Waals surface area contributed by atoms with Gasteiger partial charge in [0.05, 0.1) is 6.04 Å². The van der Waals surface area contributed by atoms with Gasteiger partial charge in [-0.2, -0.15) is 0 Å². The minimum atomic E-state index is -0.815. The van der Waals surface area contributed by atoms with Crippen molar-refractivity contribution in [3.63, 3.8) is 0 Å². The second-order valence-electron chi connectivity index (χ2n) is 5.19. The molecule has 0 aromatic heterocycles. The van der Waals surface area contributed by atoms with Gasteiger partial charge in [0.25, 0.3) is 0 Å². The summed E-state index contributed by atoms with van der Waals surface area (Å²) in [5.74, 6) is -0.815. The Morgan fingerprint density at radius 1 is 1.10 bits per heavy atom. The van der Waals surface area contributed by atoms with Crippen LogP contribution in [0.2, 0.25) is 0 Å². The van der Waals surface area contributed by atoms with Crippen LogP contribution in [0, 0.1) is 6.92 Å². The molecule has 0 heterocycles. The molecule has 0 radical (unpaired) electrons. The van der Waals surface area contributed by atoms with Gasteiger partial charge in [-0.1, -0.05) is 55.0 Å². The highest BCUT2D eigenvalue weighted by atomic mass is 16.4. The molecular weight excluding hydrogens is 262 g/mol. The SMILES string of the molecule is CCC(c1ccccc1)N(CC(=O)O)c1ccc(C)cc1. The van der Waals surface area contributed by atoms with Crippen LogP contribution in [0.4, 0.5) is 5.69 Å². The predicted octanol–water partition coefficient (Wildman–Crippen LogP) is 4.04. The number of hydrogen-bond acceptors (Lipinski definition) is 2. The van der Waals surface area contributed by atoms with Crippen molar-refractivity contribution >= 4 is 11.7 Å². The Kier molecular flexibility index (Phi) is 4.99. The van der Waals surface area contributed by atoms with Gasteiger partial charge in [-0.25, -0.2) is 0 Å². The fourth-order valence-electron chi connectivity index (χ4n) is 2.57. The number of benzene rings is 2. The summed E-state index contributed by atoms with van der Waals surface area (Å²) in [5.41, 5.74) is 3.25. The van der Waals surface area contributed by atoms with Crippen LogP contribution in [0.25, 0.3) is 0 Å². The first kappa shape index (κ1) is 15.1. The largest absolute Gasteiger partial charge is 0.480 e. The molecule has 0 bridgehead atoms. The van der Waals surface area contributed by atoms with E-state index in [-0.39, 0.29) is 12.6 Å². The molecule has 1 unspecified atom stereocenters. The average Bonchev–Trinajstić information content (AvgIpc) is 2.48. The van der Waals surface area contributed by atoms with E-state index in [2.05, 4.69) is 19.1 Å². The van der Waals surface area contributed by atoms with E-state index in [1.54, 1.807) is 0 Å². The minimum Gasteiger partial charge on any atom is -0.480 e.